The second-order valence-corrected chi connectivity index (χ2v) is 5.59. The number of hydrogen-bond acceptors (Lipinski definition) is 5. The van der Waals surface area contributed by atoms with Crippen molar-refractivity contribution >= 4 is 28.1 Å². The summed E-state index contributed by atoms with van der Waals surface area (Å²) >= 11 is 3.38. The molecule has 0 aromatic heterocycles. The zero-order valence-corrected chi connectivity index (χ0v) is 13.9. The normalized spacial score (nSPS) is 12.4. The third-order valence-electron chi connectivity index (χ3n) is 3.08. The molecular weight excluding hydrogens is 383 g/mol. The second-order valence-electron chi connectivity index (χ2n) is 4.74. The van der Waals surface area contributed by atoms with E-state index in [4.69, 9.17) is 14.2 Å². The van der Waals surface area contributed by atoms with Crippen LogP contribution in [0.15, 0.2) is 46.0 Å². The summed E-state index contributed by atoms with van der Waals surface area (Å²) < 4.78 is 29.7. The van der Waals surface area contributed by atoms with Crippen molar-refractivity contribution < 1.29 is 23.4 Å². The summed E-state index contributed by atoms with van der Waals surface area (Å²) in [6.45, 7) is -0.174. The van der Waals surface area contributed by atoms with Crippen LogP contribution in [0.3, 0.4) is 0 Å². The number of fused-ring (bicyclic) bond motifs is 1. The van der Waals surface area contributed by atoms with Crippen molar-refractivity contribution in [3.8, 4) is 17.2 Å². The molecule has 0 spiro atoms. The molecule has 0 fully saturated rings. The molecule has 1 amide bonds. The maximum absolute atomic E-state index is 13.4. The predicted octanol–water partition coefficient (Wildman–Crippen LogP) is 2.85. The van der Waals surface area contributed by atoms with Gasteiger partial charge in [-0.3, -0.25) is 4.79 Å². The number of hydrogen-bond donors (Lipinski definition) is 1. The van der Waals surface area contributed by atoms with Crippen molar-refractivity contribution in [1.82, 2.24) is 5.43 Å². The van der Waals surface area contributed by atoms with Gasteiger partial charge in [0.1, 0.15) is 0 Å². The first kappa shape index (κ1) is 16.3. The summed E-state index contributed by atoms with van der Waals surface area (Å²) in [5.41, 5.74) is 3.01. The van der Waals surface area contributed by atoms with E-state index in [-0.39, 0.29) is 19.1 Å². The highest BCUT2D eigenvalue weighted by atomic mass is 79.9. The largest absolute Gasteiger partial charge is 0.481 e. The van der Waals surface area contributed by atoms with E-state index in [1.807, 2.05) is 0 Å². The third kappa shape index (κ3) is 3.83. The number of halogens is 2. The van der Waals surface area contributed by atoms with Crippen molar-refractivity contribution in [1.29, 1.82) is 0 Å². The lowest BCUT2D eigenvalue weighted by Gasteiger charge is -2.05. The molecule has 3 rings (SSSR count). The number of rotatable bonds is 5. The van der Waals surface area contributed by atoms with E-state index >= 15 is 0 Å². The summed E-state index contributed by atoms with van der Waals surface area (Å²) in [7, 11) is 0. The molecule has 1 heterocycles. The molecule has 0 saturated carbocycles. The Morgan fingerprint density at radius 2 is 2.08 bits per heavy atom. The third-order valence-corrected chi connectivity index (χ3v) is 3.77. The van der Waals surface area contributed by atoms with Gasteiger partial charge in [-0.1, -0.05) is 12.1 Å². The van der Waals surface area contributed by atoms with Gasteiger partial charge in [0.05, 0.1) is 6.21 Å². The highest BCUT2D eigenvalue weighted by molar-refractivity contribution is 9.10. The van der Waals surface area contributed by atoms with Crippen LogP contribution in [0.25, 0.3) is 0 Å². The molecule has 24 heavy (non-hydrogen) atoms. The van der Waals surface area contributed by atoms with Gasteiger partial charge in [-0.25, -0.2) is 9.82 Å². The molecule has 0 atom stereocenters. The van der Waals surface area contributed by atoms with Crippen molar-refractivity contribution in [3.63, 3.8) is 0 Å². The molecule has 2 aromatic rings. The molecule has 0 bridgehead atoms. The Hall–Kier alpha value is -2.61. The number of ether oxygens (including phenoxy) is 3. The number of carbonyl (C=O) groups is 1. The molecular formula is C16H12BrFN2O4. The van der Waals surface area contributed by atoms with Gasteiger partial charge in [0.2, 0.25) is 6.79 Å². The first-order chi connectivity index (χ1) is 11.6. The van der Waals surface area contributed by atoms with E-state index in [0.717, 1.165) is 4.47 Å². The standard InChI is InChI=1S/C16H12BrFN2O4/c17-11-6-15-14(23-9-24-15)5-10(11)7-19-20-16(21)8-22-13-4-2-1-3-12(13)18/h1-7H,8-9H2,(H,20,21)/b19-7-. The SMILES string of the molecule is O=C(COc1ccccc1F)N/N=C\c1cc2c(cc1Br)OCO2. The Kier molecular flexibility index (Phi) is 4.95. The van der Waals surface area contributed by atoms with Crippen LogP contribution in [-0.2, 0) is 4.79 Å². The van der Waals surface area contributed by atoms with Gasteiger partial charge in [0, 0.05) is 10.0 Å². The predicted molar refractivity (Wildman–Crippen MR) is 87.9 cm³/mol. The minimum Gasteiger partial charge on any atom is -0.481 e. The molecule has 1 aliphatic rings. The van der Waals surface area contributed by atoms with E-state index in [9.17, 15) is 9.18 Å². The molecule has 0 unspecified atom stereocenters. The van der Waals surface area contributed by atoms with Crippen LogP contribution >= 0.6 is 15.9 Å². The van der Waals surface area contributed by atoms with Gasteiger partial charge in [-0.05, 0) is 40.2 Å². The minimum atomic E-state index is -0.530. The van der Waals surface area contributed by atoms with Crippen LogP contribution in [-0.4, -0.2) is 25.5 Å². The molecule has 1 aliphatic heterocycles. The quantitative estimate of drug-likeness (QED) is 0.625. The van der Waals surface area contributed by atoms with Crippen molar-refractivity contribution in [3.05, 3.63) is 52.3 Å². The summed E-state index contributed by atoms with van der Waals surface area (Å²) in [6, 6.07) is 9.34. The summed E-state index contributed by atoms with van der Waals surface area (Å²) in [4.78, 5) is 11.7. The Balaban J connectivity index is 1.55. The van der Waals surface area contributed by atoms with Gasteiger partial charge in [-0.15, -0.1) is 0 Å². The van der Waals surface area contributed by atoms with E-state index in [2.05, 4.69) is 26.5 Å². The number of amides is 1. The lowest BCUT2D eigenvalue weighted by Crippen LogP contribution is -2.24. The second kappa shape index (κ2) is 7.31. The highest BCUT2D eigenvalue weighted by Gasteiger charge is 2.15. The average Bonchev–Trinajstić information content (AvgIpc) is 3.01. The Morgan fingerprint density at radius 3 is 2.88 bits per heavy atom. The molecule has 6 nitrogen and oxygen atoms in total. The van der Waals surface area contributed by atoms with Crippen LogP contribution in [0.5, 0.6) is 17.2 Å². The van der Waals surface area contributed by atoms with Crippen LogP contribution in [0.2, 0.25) is 0 Å². The number of benzene rings is 2. The fraction of sp³-hybridized carbons (Fsp3) is 0.125. The van der Waals surface area contributed by atoms with Gasteiger partial charge in [0.25, 0.3) is 5.91 Å². The summed E-state index contributed by atoms with van der Waals surface area (Å²) in [5.74, 6) is 0.217. The maximum atomic E-state index is 13.4. The molecule has 0 aliphatic carbocycles. The van der Waals surface area contributed by atoms with Crippen LogP contribution < -0.4 is 19.6 Å². The van der Waals surface area contributed by atoms with Gasteiger partial charge >= 0.3 is 0 Å². The minimum absolute atomic E-state index is 0.00939. The highest BCUT2D eigenvalue weighted by Crippen LogP contribution is 2.36. The Labute approximate surface area is 145 Å². The molecule has 2 aromatic carbocycles. The molecule has 124 valence electrons. The number of nitrogens with one attached hydrogen (secondary N) is 1. The topological polar surface area (TPSA) is 69.2 Å². The van der Waals surface area contributed by atoms with Gasteiger partial charge < -0.3 is 14.2 Å². The van der Waals surface area contributed by atoms with Crippen molar-refractivity contribution in [2.45, 2.75) is 0 Å². The van der Waals surface area contributed by atoms with Crippen LogP contribution in [0.4, 0.5) is 4.39 Å². The maximum Gasteiger partial charge on any atom is 0.277 e. The fourth-order valence-corrected chi connectivity index (χ4v) is 2.37. The molecule has 1 N–H and O–H groups in total. The van der Waals surface area contributed by atoms with Gasteiger partial charge in [-0.2, -0.15) is 5.10 Å². The molecule has 0 saturated heterocycles. The van der Waals surface area contributed by atoms with Gasteiger partial charge in [0.15, 0.2) is 29.7 Å². The van der Waals surface area contributed by atoms with Crippen molar-refractivity contribution in [2.75, 3.05) is 13.4 Å². The Morgan fingerprint density at radius 1 is 1.33 bits per heavy atom. The summed E-state index contributed by atoms with van der Waals surface area (Å²) in [6.07, 6.45) is 1.45. The number of para-hydroxylation sites is 1. The zero-order chi connectivity index (χ0) is 16.9. The smallest absolute Gasteiger partial charge is 0.277 e. The summed E-state index contributed by atoms with van der Waals surface area (Å²) in [5, 5.41) is 3.84. The number of hydrazone groups is 1. The Bertz CT molecular complexity index is 798. The first-order valence-electron chi connectivity index (χ1n) is 6.92. The first-order valence-corrected chi connectivity index (χ1v) is 7.71. The van der Waals surface area contributed by atoms with E-state index in [1.165, 1.54) is 24.4 Å². The van der Waals surface area contributed by atoms with E-state index in [0.29, 0.717) is 17.1 Å². The number of nitrogens with zero attached hydrogens (tertiary/aromatic N) is 1. The fourth-order valence-electron chi connectivity index (χ4n) is 1.94. The van der Waals surface area contributed by atoms with E-state index < -0.39 is 11.7 Å². The van der Waals surface area contributed by atoms with E-state index in [1.54, 1.807) is 18.2 Å². The average molecular weight is 395 g/mol. The molecule has 8 heteroatoms. The van der Waals surface area contributed by atoms with Crippen LogP contribution in [0.1, 0.15) is 5.56 Å². The number of carbonyl (C=O) groups excluding carboxylic acids is 1. The lowest BCUT2D eigenvalue weighted by atomic mass is 10.2. The van der Waals surface area contributed by atoms with Crippen molar-refractivity contribution in [2.24, 2.45) is 5.10 Å². The van der Waals surface area contributed by atoms with Crippen LogP contribution in [0, 0.1) is 5.82 Å². The monoisotopic (exact) mass is 394 g/mol. The lowest BCUT2D eigenvalue weighted by molar-refractivity contribution is -0.123. The molecule has 0 radical (unpaired) electrons. The zero-order valence-electron chi connectivity index (χ0n) is 12.3.